The minimum absolute atomic E-state index is 0.309. The molecule has 1 aliphatic rings. The number of rotatable bonds is 3. The molecule has 0 amide bonds. The van der Waals surface area contributed by atoms with E-state index < -0.39 is 7.14 Å². The monoisotopic (exact) mass is 441 g/mol. The van der Waals surface area contributed by atoms with Gasteiger partial charge in [-0.15, -0.1) is 0 Å². The minimum Gasteiger partial charge on any atom is -0.0625 e. The summed E-state index contributed by atoms with van der Waals surface area (Å²) in [7, 11) is -2.01. The fourth-order valence-electron chi connectivity index (χ4n) is 6.24. The fraction of sp³-hybridized carbons (Fsp3) is 0.0968. The SMILES string of the molecule is Cc1cc(C)c(B2c3cccc4cccc(c34)[P+]2(c2ccccc2)c2ccccc2)c(C)c1. The van der Waals surface area contributed by atoms with E-state index >= 15 is 0 Å². The van der Waals surface area contributed by atoms with Crippen molar-refractivity contribution < 1.29 is 0 Å². The summed E-state index contributed by atoms with van der Waals surface area (Å²) in [4.78, 5) is 0. The van der Waals surface area contributed by atoms with Gasteiger partial charge in [0.2, 0.25) is 0 Å². The Morgan fingerprint density at radius 3 is 1.70 bits per heavy atom. The van der Waals surface area contributed by atoms with Crippen LogP contribution in [-0.4, -0.2) is 6.43 Å². The van der Waals surface area contributed by atoms with Crippen LogP contribution in [0.2, 0.25) is 0 Å². The smallest absolute Gasteiger partial charge is 0.0625 e. The molecular formula is C31H27BP+. The number of hydrogen-bond donors (Lipinski definition) is 0. The molecule has 0 saturated heterocycles. The van der Waals surface area contributed by atoms with Crippen molar-refractivity contribution in [2.45, 2.75) is 20.8 Å². The van der Waals surface area contributed by atoms with Crippen molar-refractivity contribution >= 4 is 51.2 Å². The summed E-state index contributed by atoms with van der Waals surface area (Å²) in [6.07, 6.45) is 0.309. The molecule has 0 aromatic heterocycles. The van der Waals surface area contributed by atoms with Crippen LogP contribution in [0.5, 0.6) is 0 Å². The van der Waals surface area contributed by atoms with E-state index in [-0.39, 0.29) is 0 Å². The largest absolute Gasteiger partial charge is 0.425 e. The van der Waals surface area contributed by atoms with Gasteiger partial charge in [0.15, 0.2) is 0 Å². The predicted molar refractivity (Wildman–Crippen MR) is 148 cm³/mol. The van der Waals surface area contributed by atoms with Crippen LogP contribution in [0, 0.1) is 20.8 Å². The Morgan fingerprint density at radius 2 is 1.12 bits per heavy atom. The molecule has 2 heteroatoms. The third kappa shape index (κ3) is 2.89. The highest BCUT2D eigenvalue weighted by Gasteiger charge is 2.63. The Hall–Kier alpha value is -3.15. The molecular weight excluding hydrogens is 414 g/mol. The molecule has 0 unspecified atom stereocenters. The topological polar surface area (TPSA) is 0 Å². The third-order valence-electron chi connectivity index (χ3n) is 7.32. The highest BCUT2D eigenvalue weighted by Crippen LogP contribution is 2.61. The van der Waals surface area contributed by atoms with Gasteiger partial charge < -0.3 is 0 Å². The summed E-state index contributed by atoms with van der Waals surface area (Å²) in [5.74, 6) is 0. The molecule has 0 nitrogen and oxygen atoms in total. The third-order valence-corrected chi connectivity index (χ3v) is 12.0. The minimum atomic E-state index is -2.01. The molecule has 5 aromatic carbocycles. The van der Waals surface area contributed by atoms with Gasteiger partial charge >= 0.3 is 6.43 Å². The van der Waals surface area contributed by atoms with Crippen molar-refractivity contribution in [3.05, 3.63) is 126 Å². The van der Waals surface area contributed by atoms with Crippen LogP contribution in [0.3, 0.4) is 0 Å². The molecule has 0 fully saturated rings. The molecule has 33 heavy (non-hydrogen) atoms. The zero-order valence-electron chi connectivity index (χ0n) is 19.4. The zero-order valence-corrected chi connectivity index (χ0v) is 20.3. The van der Waals surface area contributed by atoms with Crippen LogP contribution in [-0.2, 0) is 0 Å². The molecule has 0 spiro atoms. The van der Waals surface area contributed by atoms with Crippen LogP contribution in [0.4, 0.5) is 0 Å². The summed E-state index contributed by atoms with van der Waals surface area (Å²) in [5.41, 5.74) is 7.13. The first-order chi connectivity index (χ1) is 16.1. The predicted octanol–water partition coefficient (Wildman–Crippen LogP) is 5.18. The molecule has 1 aliphatic heterocycles. The lowest BCUT2D eigenvalue weighted by Gasteiger charge is -2.30. The second kappa shape index (κ2) is 7.72. The van der Waals surface area contributed by atoms with E-state index in [9.17, 15) is 0 Å². The highest BCUT2D eigenvalue weighted by atomic mass is 31.2. The van der Waals surface area contributed by atoms with E-state index in [1.165, 1.54) is 54.3 Å². The second-order valence-corrected chi connectivity index (χ2v) is 12.8. The number of aryl methyl sites for hydroxylation is 3. The Bertz CT molecular complexity index is 1420. The molecule has 5 aromatic rings. The van der Waals surface area contributed by atoms with Crippen LogP contribution in [0.25, 0.3) is 10.8 Å². The maximum atomic E-state index is 2.42. The van der Waals surface area contributed by atoms with Crippen molar-refractivity contribution in [2.24, 2.45) is 0 Å². The summed E-state index contributed by atoms with van der Waals surface area (Å²) < 4.78 is 0. The van der Waals surface area contributed by atoms with Crippen molar-refractivity contribution in [3.8, 4) is 0 Å². The molecule has 6 rings (SSSR count). The van der Waals surface area contributed by atoms with Gasteiger partial charge in [0.1, 0.15) is 0 Å². The lowest BCUT2D eigenvalue weighted by atomic mass is 9.58. The Labute approximate surface area is 197 Å². The van der Waals surface area contributed by atoms with E-state index in [2.05, 4.69) is 130 Å². The Morgan fingerprint density at radius 1 is 0.576 bits per heavy atom. The standard InChI is InChI=1S/C31H27BP/c1-22-20-23(2)31(24(3)21-22)32-28-18-10-12-25-13-11-19-29(30(25)28)33(32,26-14-6-4-7-15-26)27-16-8-5-9-17-27/h4-21H,1-3H3/q+1. The quantitative estimate of drug-likeness (QED) is 0.268. The van der Waals surface area contributed by atoms with Crippen LogP contribution < -0.4 is 26.8 Å². The summed E-state index contributed by atoms with van der Waals surface area (Å²) >= 11 is 0. The van der Waals surface area contributed by atoms with E-state index in [0.29, 0.717) is 6.43 Å². The Kier molecular flexibility index (Phi) is 4.79. The highest BCUT2D eigenvalue weighted by molar-refractivity contribution is 8.22. The van der Waals surface area contributed by atoms with Gasteiger partial charge in [0.25, 0.3) is 0 Å². The zero-order chi connectivity index (χ0) is 22.6. The summed E-state index contributed by atoms with van der Waals surface area (Å²) in [6.45, 7) is 6.83. The lowest BCUT2D eigenvalue weighted by Crippen LogP contribution is -2.51. The summed E-state index contributed by atoms with van der Waals surface area (Å²) in [6, 6.07) is 41.3. The first kappa shape index (κ1) is 20.5. The van der Waals surface area contributed by atoms with Gasteiger partial charge in [-0.25, -0.2) is 0 Å². The average Bonchev–Trinajstić information content (AvgIpc) is 3.13. The fourth-order valence-corrected chi connectivity index (χ4v) is 11.6. The molecule has 0 atom stereocenters. The molecule has 0 radical (unpaired) electrons. The maximum absolute atomic E-state index is 2.42. The van der Waals surface area contributed by atoms with E-state index in [0.717, 1.165) is 0 Å². The normalized spacial score (nSPS) is 14.1. The average molecular weight is 441 g/mol. The lowest BCUT2D eigenvalue weighted by molar-refractivity contribution is 1.35. The maximum Gasteiger partial charge on any atom is 0.425 e. The summed E-state index contributed by atoms with van der Waals surface area (Å²) in [5, 5.41) is 7.27. The van der Waals surface area contributed by atoms with Crippen molar-refractivity contribution in [2.75, 3.05) is 0 Å². The first-order valence-electron chi connectivity index (χ1n) is 11.7. The van der Waals surface area contributed by atoms with Gasteiger partial charge in [0, 0.05) is 5.39 Å². The Balaban J connectivity index is 1.84. The van der Waals surface area contributed by atoms with Crippen LogP contribution >= 0.6 is 7.14 Å². The van der Waals surface area contributed by atoms with Crippen LogP contribution in [0.1, 0.15) is 16.7 Å². The van der Waals surface area contributed by atoms with Crippen molar-refractivity contribution in [3.63, 3.8) is 0 Å². The molecule has 1 heterocycles. The van der Waals surface area contributed by atoms with Crippen molar-refractivity contribution in [1.82, 2.24) is 0 Å². The molecule has 0 aliphatic carbocycles. The van der Waals surface area contributed by atoms with E-state index in [1.54, 1.807) is 0 Å². The van der Waals surface area contributed by atoms with Gasteiger partial charge in [0.05, 0.1) is 23.1 Å². The van der Waals surface area contributed by atoms with Gasteiger partial charge in [-0.1, -0.05) is 95.6 Å². The van der Waals surface area contributed by atoms with Gasteiger partial charge in [-0.3, -0.25) is 0 Å². The van der Waals surface area contributed by atoms with E-state index in [4.69, 9.17) is 0 Å². The second-order valence-electron chi connectivity index (χ2n) is 9.33. The van der Waals surface area contributed by atoms with Crippen molar-refractivity contribution in [1.29, 1.82) is 0 Å². The number of hydrogen-bond acceptors (Lipinski definition) is 0. The number of benzene rings is 5. The van der Waals surface area contributed by atoms with E-state index in [1.807, 2.05) is 0 Å². The first-order valence-corrected chi connectivity index (χ1v) is 13.6. The van der Waals surface area contributed by atoms with Crippen LogP contribution in [0.15, 0.2) is 109 Å². The molecule has 0 bridgehead atoms. The van der Waals surface area contributed by atoms with Gasteiger partial charge in [-0.2, -0.15) is 0 Å². The molecule has 158 valence electrons. The molecule has 0 N–H and O–H groups in total. The van der Waals surface area contributed by atoms with Gasteiger partial charge in [-0.05, 0) is 67.4 Å². The molecule has 0 saturated carbocycles.